The predicted octanol–water partition coefficient (Wildman–Crippen LogP) is 2.35. The molecule has 4 heteroatoms. The summed E-state index contributed by atoms with van der Waals surface area (Å²) < 4.78 is 0. The van der Waals surface area contributed by atoms with E-state index in [1.54, 1.807) is 11.3 Å². The van der Waals surface area contributed by atoms with Gasteiger partial charge in [-0.2, -0.15) is 0 Å². The molecule has 2 rings (SSSR count). The van der Waals surface area contributed by atoms with Crippen molar-refractivity contribution in [2.24, 2.45) is 5.92 Å². The molecule has 1 atom stereocenters. The highest BCUT2D eigenvalue weighted by atomic mass is 32.1. The molecule has 2 heterocycles. The summed E-state index contributed by atoms with van der Waals surface area (Å²) in [6.07, 6.45) is 3.21. The molecule has 0 spiro atoms. The first-order valence-corrected chi connectivity index (χ1v) is 7.27. The summed E-state index contributed by atoms with van der Waals surface area (Å²) in [6, 6.07) is 0. The second kappa shape index (κ2) is 5.46. The fraction of sp³-hybridized carbons (Fsp3) is 0.769. The van der Waals surface area contributed by atoms with Gasteiger partial charge >= 0.3 is 0 Å². The monoisotopic (exact) mass is 253 g/mol. The molecule has 17 heavy (non-hydrogen) atoms. The van der Waals surface area contributed by atoms with Crippen LogP contribution in [0.3, 0.4) is 0 Å². The van der Waals surface area contributed by atoms with E-state index >= 15 is 0 Å². The fourth-order valence-electron chi connectivity index (χ4n) is 2.20. The van der Waals surface area contributed by atoms with Gasteiger partial charge in [-0.25, -0.2) is 4.98 Å². The lowest BCUT2D eigenvalue weighted by molar-refractivity contribution is 0.305. The minimum Gasteiger partial charge on any atom is -0.312 e. The van der Waals surface area contributed by atoms with E-state index in [4.69, 9.17) is 0 Å². The second-order valence-electron chi connectivity index (χ2n) is 5.95. The quantitative estimate of drug-likeness (QED) is 0.893. The van der Waals surface area contributed by atoms with Gasteiger partial charge in [0.1, 0.15) is 5.01 Å². The van der Waals surface area contributed by atoms with E-state index in [9.17, 15) is 0 Å². The molecule has 3 nitrogen and oxygen atoms in total. The third-order valence-electron chi connectivity index (χ3n) is 3.13. The molecule has 0 radical (unpaired) electrons. The van der Waals surface area contributed by atoms with Gasteiger partial charge in [0, 0.05) is 23.7 Å². The first-order chi connectivity index (χ1) is 8.03. The summed E-state index contributed by atoms with van der Waals surface area (Å²) in [5.41, 5.74) is 0.239. The van der Waals surface area contributed by atoms with Crippen LogP contribution in [0.1, 0.15) is 32.2 Å². The molecule has 1 aliphatic rings. The average molecular weight is 253 g/mol. The van der Waals surface area contributed by atoms with Crippen LogP contribution in [0.2, 0.25) is 0 Å². The Labute approximate surface area is 108 Å². The van der Waals surface area contributed by atoms with E-state index < -0.39 is 0 Å². The van der Waals surface area contributed by atoms with E-state index in [2.05, 4.69) is 41.4 Å². The average Bonchev–Trinajstić information content (AvgIpc) is 2.86. The van der Waals surface area contributed by atoms with Gasteiger partial charge in [0.15, 0.2) is 0 Å². The summed E-state index contributed by atoms with van der Waals surface area (Å²) in [7, 11) is 0. The normalized spacial score (nSPS) is 22.2. The number of nitrogens with one attached hydrogen (secondary N) is 1. The van der Waals surface area contributed by atoms with E-state index in [1.807, 2.05) is 6.20 Å². The molecule has 0 saturated carbocycles. The lowest BCUT2D eigenvalue weighted by atomic mass is 10.1. The van der Waals surface area contributed by atoms with Gasteiger partial charge in [0.25, 0.3) is 0 Å². The number of nitrogens with zero attached hydrogens (tertiary/aromatic N) is 2. The maximum absolute atomic E-state index is 4.35. The van der Waals surface area contributed by atoms with Crippen molar-refractivity contribution < 1.29 is 0 Å². The molecule has 1 aliphatic heterocycles. The molecule has 0 aromatic carbocycles. The van der Waals surface area contributed by atoms with Crippen molar-refractivity contribution in [2.45, 2.75) is 39.3 Å². The van der Waals surface area contributed by atoms with Crippen LogP contribution in [0.5, 0.6) is 0 Å². The van der Waals surface area contributed by atoms with Crippen molar-refractivity contribution in [2.75, 3.05) is 19.6 Å². The smallest absolute Gasteiger partial charge is 0.107 e. The number of thiazole rings is 1. The zero-order valence-electron chi connectivity index (χ0n) is 11.1. The van der Waals surface area contributed by atoms with Gasteiger partial charge in [0.2, 0.25) is 0 Å². The van der Waals surface area contributed by atoms with Gasteiger partial charge in [-0.1, -0.05) is 0 Å². The van der Waals surface area contributed by atoms with Gasteiger partial charge in [-0.15, -0.1) is 11.3 Å². The van der Waals surface area contributed by atoms with Crippen molar-refractivity contribution in [3.63, 3.8) is 0 Å². The van der Waals surface area contributed by atoms with Crippen LogP contribution in [-0.2, 0) is 6.54 Å². The molecular weight excluding hydrogens is 230 g/mol. The molecule has 1 aromatic rings. The minimum absolute atomic E-state index is 0.239. The molecule has 1 unspecified atom stereocenters. The largest absolute Gasteiger partial charge is 0.312 e. The Morgan fingerprint density at radius 1 is 1.53 bits per heavy atom. The first kappa shape index (κ1) is 13.0. The summed E-state index contributed by atoms with van der Waals surface area (Å²) in [6.45, 7) is 11.3. The van der Waals surface area contributed by atoms with E-state index in [1.165, 1.54) is 24.5 Å². The van der Waals surface area contributed by atoms with Gasteiger partial charge in [-0.05, 0) is 46.2 Å². The van der Waals surface area contributed by atoms with Crippen molar-refractivity contribution in [3.8, 4) is 0 Å². The lowest BCUT2D eigenvalue weighted by Gasteiger charge is -2.23. The maximum atomic E-state index is 4.35. The van der Waals surface area contributed by atoms with Crippen LogP contribution in [0, 0.1) is 5.92 Å². The highest BCUT2D eigenvalue weighted by Gasteiger charge is 2.24. The molecule has 0 amide bonds. The van der Waals surface area contributed by atoms with E-state index in [-0.39, 0.29) is 5.54 Å². The molecule has 1 N–H and O–H groups in total. The Morgan fingerprint density at radius 2 is 2.35 bits per heavy atom. The number of hydrogen-bond acceptors (Lipinski definition) is 4. The molecule has 96 valence electrons. The summed E-state index contributed by atoms with van der Waals surface area (Å²) in [5, 5.41) is 6.91. The van der Waals surface area contributed by atoms with Gasteiger partial charge in [-0.3, -0.25) is 4.90 Å². The fourth-order valence-corrected chi connectivity index (χ4v) is 2.85. The third-order valence-corrected chi connectivity index (χ3v) is 3.90. The second-order valence-corrected chi connectivity index (χ2v) is 6.93. The molecule has 1 fully saturated rings. The lowest BCUT2D eigenvalue weighted by Crippen LogP contribution is -2.39. The van der Waals surface area contributed by atoms with Crippen LogP contribution in [0.4, 0.5) is 0 Å². The summed E-state index contributed by atoms with van der Waals surface area (Å²) in [4.78, 5) is 6.87. The summed E-state index contributed by atoms with van der Waals surface area (Å²) in [5.74, 6) is 0.800. The molecule has 0 aliphatic carbocycles. The van der Waals surface area contributed by atoms with Crippen molar-refractivity contribution in [3.05, 3.63) is 16.6 Å². The van der Waals surface area contributed by atoms with Crippen LogP contribution in [0.25, 0.3) is 0 Å². The number of rotatable bonds is 4. The van der Waals surface area contributed by atoms with Crippen molar-refractivity contribution >= 4 is 11.3 Å². The van der Waals surface area contributed by atoms with Gasteiger partial charge in [0.05, 0.1) is 6.54 Å². The Morgan fingerprint density at radius 3 is 3.00 bits per heavy atom. The Balaban J connectivity index is 1.72. The zero-order valence-corrected chi connectivity index (χ0v) is 11.9. The Bertz CT molecular complexity index is 329. The maximum Gasteiger partial charge on any atom is 0.107 e. The summed E-state index contributed by atoms with van der Waals surface area (Å²) >= 11 is 1.76. The third kappa shape index (κ3) is 4.37. The number of likely N-dealkylation sites (tertiary alicyclic amines) is 1. The number of hydrogen-bond donors (Lipinski definition) is 1. The van der Waals surface area contributed by atoms with E-state index in [0.717, 1.165) is 19.0 Å². The SMILES string of the molecule is CC(C)(C)NCC1CCN(Cc2nccs2)C1. The van der Waals surface area contributed by atoms with Crippen LogP contribution < -0.4 is 5.32 Å². The Hall–Kier alpha value is -0.450. The topological polar surface area (TPSA) is 28.2 Å². The highest BCUT2D eigenvalue weighted by molar-refractivity contribution is 7.09. The predicted molar refractivity (Wildman–Crippen MR) is 73.3 cm³/mol. The van der Waals surface area contributed by atoms with Crippen molar-refractivity contribution in [1.82, 2.24) is 15.2 Å². The van der Waals surface area contributed by atoms with E-state index in [0.29, 0.717) is 0 Å². The van der Waals surface area contributed by atoms with Crippen LogP contribution in [-0.4, -0.2) is 35.1 Å². The molecule has 1 aromatic heterocycles. The van der Waals surface area contributed by atoms with Gasteiger partial charge < -0.3 is 5.32 Å². The van der Waals surface area contributed by atoms with Crippen LogP contribution >= 0.6 is 11.3 Å². The minimum atomic E-state index is 0.239. The van der Waals surface area contributed by atoms with Crippen molar-refractivity contribution in [1.29, 1.82) is 0 Å². The standard InChI is InChI=1S/C13H23N3S/c1-13(2,3)15-8-11-4-6-16(9-11)10-12-14-5-7-17-12/h5,7,11,15H,4,6,8-10H2,1-3H3. The zero-order chi connectivity index (χ0) is 12.3. The first-order valence-electron chi connectivity index (χ1n) is 6.39. The molecular formula is C13H23N3S. The highest BCUT2D eigenvalue weighted by Crippen LogP contribution is 2.19. The Kier molecular flexibility index (Phi) is 4.17. The van der Waals surface area contributed by atoms with Crippen LogP contribution in [0.15, 0.2) is 11.6 Å². The molecule has 1 saturated heterocycles. The number of aromatic nitrogens is 1. The molecule has 0 bridgehead atoms.